The number of halogens is 2. The maximum atomic E-state index is 14.9. The molecule has 2 aromatic rings. The van der Waals surface area contributed by atoms with Crippen LogP contribution in [0.15, 0.2) is 36.4 Å². The van der Waals surface area contributed by atoms with Crippen LogP contribution in [0.3, 0.4) is 0 Å². The minimum Gasteiger partial charge on any atom is -0.507 e. The van der Waals surface area contributed by atoms with Gasteiger partial charge in [-0.3, -0.25) is 0 Å². The molecule has 32 heavy (non-hydrogen) atoms. The van der Waals surface area contributed by atoms with Gasteiger partial charge in [-0.05, 0) is 91.3 Å². The summed E-state index contributed by atoms with van der Waals surface area (Å²) in [6.07, 6.45) is 7.72. The topological polar surface area (TPSA) is 29.5 Å². The van der Waals surface area contributed by atoms with Crippen molar-refractivity contribution in [2.75, 3.05) is 0 Å². The Labute approximate surface area is 192 Å². The van der Waals surface area contributed by atoms with E-state index in [0.717, 1.165) is 24.3 Å². The first-order valence-corrected chi connectivity index (χ1v) is 12.4. The zero-order valence-electron chi connectivity index (χ0n) is 19.8. The molecule has 1 aliphatic carbocycles. The van der Waals surface area contributed by atoms with Crippen LogP contribution >= 0.6 is 0 Å². The molecule has 0 heterocycles. The summed E-state index contributed by atoms with van der Waals surface area (Å²) >= 11 is 0. The predicted octanol–water partition coefficient (Wildman–Crippen LogP) is 8.50. The van der Waals surface area contributed by atoms with Gasteiger partial charge in [0.2, 0.25) is 0 Å². The molecule has 4 heteroatoms. The standard InChI is InChI=1S/C28H38F2O2/c1-4-7-8-9-20-10-12-23(13-11-20)24-14-16-25(17-15-24)28(29,30)32-26-18-21(5-2)27(31)22(6-3)19-26/h14-20,23,31H,4-13H2,1-3H3. The highest BCUT2D eigenvalue weighted by atomic mass is 19.3. The maximum Gasteiger partial charge on any atom is 0.426 e. The Morgan fingerprint density at radius 3 is 2.03 bits per heavy atom. The first kappa shape index (κ1) is 24.5. The SMILES string of the molecule is CCCCCC1CCC(c2ccc(C(F)(F)Oc3cc(CC)c(O)c(CC)c3)cc2)CC1. The first-order valence-electron chi connectivity index (χ1n) is 12.4. The van der Waals surface area contributed by atoms with Gasteiger partial charge in [0.05, 0.1) is 5.56 Å². The highest BCUT2D eigenvalue weighted by Crippen LogP contribution is 2.40. The van der Waals surface area contributed by atoms with Crippen LogP contribution in [0.2, 0.25) is 0 Å². The second kappa shape index (κ2) is 11.2. The minimum atomic E-state index is -3.43. The molecule has 0 aliphatic heterocycles. The number of hydrogen-bond acceptors (Lipinski definition) is 2. The number of phenols is 1. The number of phenolic OH excluding ortho intramolecular Hbond substituents is 1. The summed E-state index contributed by atoms with van der Waals surface area (Å²) in [5.74, 6) is 1.57. The molecular weight excluding hydrogens is 406 g/mol. The molecule has 0 spiro atoms. The largest absolute Gasteiger partial charge is 0.507 e. The van der Waals surface area contributed by atoms with Gasteiger partial charge in [0.25, 0.3) is 0 Å². The molecule has 1 fully saturated rings. The second-order valence-corrected chi connectivity index (χ2v) is 9.25. The molecule has 2 nitrogen and oxygen atoms in total. The Balaban J connectivity index is 1.64. The molecule has 176 valence electrons. The Kier molecular flexibility index (Phi) is 8.56. The Morgan fingerprint density at radius 2 is 1.50 bits per heavy atom. The molecule has 0 saturated heterocycles. The minimum absolute atomic E-state index is 0.0898. The van der Waals surface area contributed by atoms with Gasteiger partial charge in [-0.15, -0.1) is 0 Å². The summed E-state index contributed by atoms with van der Waals surface area (Å²) in [6.45, 7) is 6.01. The molecular formula is C28H38F2O2. The average Bonchev–Trinajstić information content (AvgIpc) is 2.80. The van der Waals surface area contributed by atoms with E-state index >= 15 is 0 Å². The summed E-state index contributed by atoms with van der Waals surface area (Å²) in [6, 6.07) is 9.72. The van der Waals surface area contributed by atoms with Crippen LogP contribution in [0.5, 0.6) is 11.5 Å². The van der Waals surface area contributed by atoms with Crippen molar-refractivity contribution in [2.24, 2.45) is 5.92 Å². The van der Waals surface area contributed by atoms with Crippen LogP contribution in [0.4, 0.5) is 8.78 Å². The monoisotopic (exact) mass is 444 g/mol. The number of alkyl halides is 2. The lowest BCUT2D eigenvalue weighted by atomic mass is 9.77. The quantitative estimate of drug-likeness (QED) is 0.372. The molecule has 0 atom stereocenters. The lowest BCUT2D eigenvalue weighted by Crippen LogP contribution is -2.22. The number of rotatable bonds is 10. The van der Waals surface area contributed by atoms with Crippen LogP contribution in [-0.4, -0.2) is 5.11 Å². The average molecular weight is 445 g/mol. The third-order valence-electron chi connectivity index (χ3n) is 7.03. The van der Waals surface area contributed by atoms with Crippen molar-refractivity contribution in [3.8, 4) is 11.5 Å². The summed E-state index contributed by atoms with van der Waals surface area (Å²) in [5, 5.41) is 10.2. The fourth-order valence-corrected chi connectivity index (χ4v) is 4.95. The highest BCUT2D eigenvalue weighted by molar-refractivity contribution is 5.46. The van der Waals surface area contributed by atoms with E-state index in [1.165, 1.54) is 62.8 Å². The van der Waals surface area contributed by atoms with Crippen LogP contribution in [0, 0.1) is 5.92 Å². The van der Waals surface area contributed by atoms with Gasteiger partial charge in [0.1, 0.15) is 11.5 Å². The molecule has 2 aromatic carbocycles. The van der Waals surface area contributed by atoms with Crippen molar-refractivity contribution in [3.63, 3.8) is 0 Å². The van der Waals surface area contributed by atoms with Gasteiger partial charge >= 0.3 is 6.11 Å². The van der Waals surface area contributed by atoms with Crippen LogP contribution in [0.1, 0.15) is 100 Å². The van der Waals surface area contributed by atoms with E-state index < -0.39 is 6.11 Å². The summed E-state index contributed by atoms with van der Waals surface area (Å²) < 4.78 is 34.9. The van der Waals surface area contributed by atoms with Crippen molar-refractivity contribution in [2.45, 2.75) is 97.0 Å². The van der Waals surface area contributed by atoms with E-state index in [9.17, 15) is 13.9 Å². The van der Waals surface area contributed by atoms with E-state index in [1.54, 1.807) is 0 Å². The van der Waals surface area contributed by atoms with E-state index in [1.807, 2.05) is 26.0 Å². The first-order chi connectivity index (χ1) is 15.4. The van der Waals surface area contributed by atoms with Crippen molar-refractivity contribution in [3.05, 3.63) is 58.7 Å². The Hall–Kier alpha value is -2.10. The van der Waals surface area contributed by atoms with Gasteiger partial charge in [-0.2, -0.15) is 8.78 Å². The van der Waals surface area contributed by atoms with Crippen LogP contribution < -0.4 is 4.74 Å². The number of unbranched alkanes of at least 4 members (excludes halogenated alkanes) is 2. The molecule has 0 aromatic heterocycles. The van der Waals surface area contributed by atoms with Gasteiger partial charge in [0, 0.05) is 0 Å². The Morgan fingerprint density at radius 1 is 0.906 bits per heavy atom. The van der Waals surface area contributed by atoms with E-state index in [4.69, 9.17) is 4.74 Å². The molecule has 0 bridgehead atoms. The number of ether oxygens (including phenoxy) is 1. The summed E-state index contributed by atoms with van der Waals surface area (Å²) in [7, 11) is 0. The van der Waals surface area contributed by atoms with Crippen LogP contribution in [-0.2, 0) is 19.0 Å². The van der Waals surface area contributed by atoms with Gasteiger partial charge in [0.15, 0.2) is 0 Å². The Bertz CT molecular complexity index is 827. The number of benzene rings is 2. The molecule has 1 N–H and O–H groups in total. The number of aryl methyl sites for hydroxylation is 2. The van der Waals surface area contributed by atoms with E-state index in [-0.39, 0.29) is 17.1 Å². The van der Waals surface area contributed by atoms with Gasteiger partial charge in [-0.1, -0.05) is 58.6 Å². The molecule has 0 unspecified atom stereocenters. The lowest BCUT2D eigenvalue weighted by molar-refractivity contribution is -0.185. The molecule has 1 saturated carbocycles. The molecule has 3 rings (SSSR count). The number of hydrogen-bond donors (Lipinski definition) is 1. The smallest absolute Gasteiger partial charge is 0.426 e. The van der Waals surface area contributed by atoms with Crippen molar-refractivity contribution in [1.82, 2.24) is 0 Å². The molecule has 0 radical (unpaired) electrons. The zero-order chi connectivity index (χ0) is 23.1. The third-order valence-corrected chi connectivity index (χ3v) is 7.03. The fourth-order valence-electron chi connectivity index (χ4n) is 4.95. The zero-order valence-corrected chi connectivity index (χ0v) is 19.8. The summed E-state index contributed by atoms with van der Waals surface area (Å²) in [4.78, 5) is 0. The van der Waals surface area contributed by atoms with Gasteiger partial charge < -0.3 is 9.84 Å². The molecule has 1 aliphatic rings. The van der Waals surface area contributed by atoms with Crippen molar-refractivity contribution in [1.29, 1.82) is 0 Å². The van der Waals surface area contributed by atoms with E-state index in [0.29, 0.717) is 29.9 Å². The van der Waals surface area contributed by atoms with E-state index in [2.05, 4.69) is 6.92 Å². The van der Waals surface area contributed by atoms with Crippen molar-refractivity contribution < 1.29 is 18.6 Å². The number of aromatic hydroxyl groups is 1. The third kappa shape index (κ3) is 6.02. The second-order valence-electron chi connectivity index (χ2n) is 9.25. The molecule has 0 amide bonds. The maximum absolute atomic E-state index is 14.9. The fraction of sp³-hybridized carbons (Fsp3) is 0.571. The highest BCUT2D eigenvalue weighted by Gasteiger charge is 2.35. The van der Waals surface area contributed by atoms with Gasteiger partial charge in [-0.25, -0.2) is 0 Å². The predicted molar refractivity (Wildman–Crippen MR) is 127 cm³/mol. The van der Waals surface area contributed by atoms with Crippen molar-refractivity contribution >= 4 is 0 Å². The van der Waals surface area contributed by atoms with Crippen LogP contribution in [0.25, 0.3) is 0 Å². The normalized spacial score (nSPS) is 19.2. The lowest BCUT2D eigenvalue weighted by Gasteiger charge is -2.29. The summed E-state index contributed by atoms with van der Waals surface area (Å²) in [5.41, 5.74) is 2.26.